The van der Waals surface area contributed by atoms with E-state index in [0.717, 1.165) is 10.9 Å². The predicted molar refractivity (Wildman–Crippen MR) is 103 cm³/mol. The molecule has 0 atom stereocenters. The predicted octanol–water partition coefficient (Wildman–Crippen LogP) is 3.96. The average Bonchev–Trinajstić information content (AvgIpc) is 3.00. The molecule has 142 valence electrons. The van der Waals surface area contributed by atoms with Gasteiger partial charge in [0, 0.05) is 19.3 Å². The number of benzene rings is 1. The molecule has 1 amide bonds. The minimum atomic E-state index is -0.342. The number of halogens is 1. The lowest BCUT2D eigenvalue weighted by Gasteiger charge is -2.20. The summed E-state index contributed by atoms with van der Waals surface area (Å²) in [5.74, 6) is 0.406. The third-order valence-corrected chi connectivity index (χ3v) is 5.34. The van der Waals surface area contributed by atoms with Crippen molar-refractivity contribution in [2.24, 2.45) is 0 Å². The van der Waals surface area contributed by atoms with E-state index >= 15 is 0 Å². The van der Waals surface area contributed by atoms with Gasteiger partial charge in [0.2, 0.25) is 5.88 Å². The number of rotatable bonds is 6. The minimum Gasteiger partial charge on any atom is -0.480 e. The van der Waals surface area contributed by atoms with Gasteiger partial charge in [-0.05, 0) is 43.7 Å². The van der Waals surface area contributed by atoms with Gasteiger partial charge in [-0.1, -0.05) is 0 Å². The van der Waals surface area contributed by atoms with E-state index in [0.29, 0.717) is 33.6 Å². The van der Waals surface area contributed by atoms with Gasteiger partial charge in [0.15, 0.2) is 5.82 Å². The van der Waals surface area contributed by atoms with Crippen molar-refractivity contribution in [2.45, 2.75) is 20.5 Å². The number of hydrogen-bond donors (Lipinski definition) is 0. The van der Waals surface area contributed by atoms with Crippen LogP contribution in [0.15, 0.2) is 24.3 Å². The number of carbonyl (C=O) groups excluding carboxylic acids is 1. The van der Waals surface area contributed by atoms with Gasteiger partial charge in [-0.15, -0.1) is 11.3 Å². The Morgan fingerprint density at radius 3 is 2.52 bits per heavy atom. The lowest BCUT2D eigenvalue weighted by molar-refractivity contribution is 0.0991. The van der Waals surface area contributed by atoms with Gasteiger partial charge in [-0.3, -0.25) is 4.79 Å². The third kappa shape index (κ3) is 3.63. The molecular weight excluding hydrogens is 369 g/mol. The van der Waals surface area contributed by atoms with Crippen LogP contribution < -0.4 is 9.64 Å². The second kappa shape index (κ2) is 7.98. The standard InChI is InChI=1S/C19H20FN3O3S/c1-5-23(13-8-6-12(20)7-9-13)19(24)16-11(2)15-17(26-4)21-14(10-25-3)22-18(15)27-16/h6-9H,5,10H2,1-4H3. The fraction of sp³-hybridized carbons (Fsp3) is 0.316. The summed E-state index contributed by atoms with van der Waals surface area (Å²) in [5.41, 5.74) is 1.40. The monoisotopic (exact) mass is 389 g/mol. The van der Waals surface area contributed by atoms with E-state index in [1.807, 2.05) is 13.8 Å². The Kier molecular flexibility index (Phi) is 5.67. The van der Waals surface area contributed by atoms with Crippen molar-refractivity contribution in [1.82, 2.24) is 9.97 Å². The topological polar surface area (TPSA) is 64.6 Å². The van der Waals surface area contributed by atoms with Crippen LogP contribution in [0.2, 0.25) is 0 Å². The number of amides is 1. The van der Waals surface area contributed by atoms with Crippen molar-refractivity contribution in [3.05, 3.63) is 46.3 Å². The van der Waals surface area contributed by atoms with E-state index in [1.165, 1.54) is 30.6 Å². The zero-order chi connectivity index (χ0) is 19.6. The Morgan fingerprint density at radius 2 is 1.93 bits per heavy atom. The normalized spacial score (nSPS) is 11.0. The molecule has 0 saturated heterocycles. The molecule has 0 aliphatic rings. The van der Waals surface area contributed by atoms with Crippen LogP contribution in [0.5, 0.6) is 5.88 Å². The van der Waals surface area contributed by atoms with Gasteiger partial charge in [-0.2, -0.15) is 4.98 Å². The maximum absolute atomic E-state index is 13.2. The SMILES string of the molecule is CCN(C(=O)c1sc2nc(COC)nc(OC)c2c1C)c1ccc(F)cc1. The molecule has 2 aromatic heterocycles. The molecule has 8 heteroatoms. The Bertz CT molecular complexity index is 972. The lowest BCUT2D eigenvalue weighted by Crippen LogP contribution is -2.30. The highest BCUT2D eigenvalue weighted by atomic mass is 32.1. The molecule has 27 heavy (non-hydrogen) atoms. The minimum absolute atomic E-state index is 0.167. The Balaban J connectivity index is 2.08. The summed E-state index contributed by atoms with van der Waals surface area (Å²) in [6.07, 6.45) is 0. The van der Waals surface area contributed by atoms with Crippen LogP contribution in [0.4, 0.5) is 10.1 Å². The van der Waals surface area contributed by atoms with Gasteiger partial charge >= 0.3 is 0 Å². The molecule has 1 aromatic carbocycles. The molecule has 0 saturated carbocycles. The van der Waals surface area contributed by atoms with E-state index < -0.39 is 0 Å². The van der Waals surface area contributed by atoms with Crippen molar-refractivity contribution in [2.75, 3.05) is 25.7 Å². The Labute approximate surface area is 160 Å². The van der Waals surface area contributed by atoms with E-state index in [2.05, 4.69) is 9.97 Å². The van der Waals surface area contributed by atoms with Crippen LogP contribution in [0, 0.1) is 12.7 Å². The molecule has 6 nitrogen and oxygen atoms in total. The number of aromatic nitrogens is 2. The van der Waals surface area contributed by atoms with Gasteiger partial charge < -0.3 is 14.4 Å². The lowest BCUT2D eigenvalue weighted by atomic mass is 10.2. The van der Waals surface area contributed by atoms with Crippen LogP contribution in [-0.2, 0) is 11.3 Å². The fourth-order valence-electron chi connectivity index (χ4n) is 2.88. The summed E-state index contributed by atoms with van der Waals surface area (Å²) >= 11 is 1.29. The van der Waals surface area contributed by atoms with E-state index in [9.17, 15) is 9.18 Å². The highest BCUT2D eigenvalue weighted by Crippen LogP contribution is 2.36. The molecule has 0 N–H and O–H groups in total. The van der Waals surface area contributed by atoms with Crippen molar-refractivity contribution in [3.63, 3.8) is 0 Å². The largest absolute Gasteiger partial charge is 0.480 e. The molecule has 3 aromatic rings. The first kappa shape index (κ1) is 19.2. The molecule has 0 bridgehead atoms. The van der Waals surface area contributed by atoms with E-state index in [-0.39, 0.29) is 18.3 Å². The molecule has 0 fully saturated rings. The zero-order valence-corrected chi connectivity index (χ0v) is 16.4. The van der Waals surface area contributed by atoms with Crippen molar-refractivity contribution >= 4 is 33.1 Å². The third-order valence-electron chi connectivity index (χ3n) is 4.16. The number of fused-ring (bicyclic) bond motifs is 1. The Morgan fingerprint density at radius 1 is 1.22 bits per heavy atom. The number of aryl methyl sites for hydroxylation is 1. The van der Waals surface area contributed by atoms with Gasteiger partial charge in [0.25, 0.3) is 5.91 Å². The number of nitrogens with zero attached hydrogens (tertiary/aromatic N) is 3. The van der Waals surface area contributed by atoms with Crippen LogP contribution in [0.25, 0.3) is 10.2 Å². The fourth-order valence-corrected chi connectivity index (χ4v) is 4.02. The highest BCUT2D eigenvalue weighted by molar-refractivity contribution is 7.20. The van der Waals surface area contributed by atoms with Crippen LogP contribution in [0.1, 0.15) is 28.0 Å². The number of thiophene rings is 1. The number of anilines is 1. The molecule has 2 heterocycles. The number of hydrogen-bond acceptors (Lipinski definition) is 6. The Hall–Kier alpha value is -2.58. The summed E-state index contributed by atoms with van der Waals surface area (Å²) in [6, 6.07) is 5.87. The second-order valence-corrected chi connectivity index (χ2v) is 6.84. The summed E-state index contributed by atoms with van der Waals surface area (Å²) in [7, 11) is 3.10. The van der Waals surface area contributed by atoms with E-state index in [4.69, 9.17) is 9.47 Å². The van der Waals surface area contributed by atoms with Gasteiger partial charge in [0.1, 0.15) is 17.3 Å². The molecular formula is C19H20FN3O3S. The molecule has 0 unspecified atom stereocenters. The maximum atomic E-state index is 13.2. The van der Waals surface area contributed by atoms with Crippen LogP contribution in [-0.4, -0.2) is 36.6 Å². The van der Waals surface area contributed by atoms with Crippen molar-refractivity contribution in [1.29, 1.82) is 0 Å². The second-order valence-electron chi connectivity index (χ2n) is 5.84. The maximum Gasteiger partial charge on any atom is 0.268 e. The molecule has 0 aliphatic carbocycles. The first-order valence-electron chi connectivity index (χ1n) is 8.40. The smallest absolute Gasteiger partial charge is 0.268 e. The van der Waals surface area contributed by atoms with Crippen molar-refractivity contribution < 1.29 is 18.7 Å². The van der Waals surface area contributed by atoms with Gasteiger partial charge in [-0.25, -0.2) is 9.37 Å². The first-order chi connectivity index (χ1) is 13.0. The molecule has 0 spiro atoms. The van der Waals surface area contributed by atoms with Crippen molar-refractivity contribution in [3.8, 4) is 5.88 Å². The van der Waals surface area contributed by atoms with Crippen LogP contribution in [0.3, 0.4) is 0 Å². The molecule has 3 rings (SSSR count). The zero-order valence-electron chi connectivity index (χ0n) is 15.6. The first-order valence-corrected chi connectivity index (χ1v) is 9.22. The molecule has 0 radical (unpaired) electrons. The highest BCUT2D eigenvalue weighted by Gasteiger charge is 2.25. The van der Waals surface area contributed by atoms with Crippen LogP contribution >= 0.6 is 11.3 Å². The summed E-state index contributed by atoms with van der Waals surface area (Å²) < 4.78 is 23.7. The number of methoxy groups -OCH3 is 2. The average molecular weight is 389 g/mol. The summed E-state index contributed by atoms with van der Waals surface area (Å²) in [6.45, 7) is 4.44. The summed E-state index contributed by atoms with van der Waals surface area (Å²) in [4.78, 5) is 24.9. The van der Waals surface area contributed by atoms with Gasteiger partial charge in [0.05, 0.1) is 17.4 Å². The number of carbonyl (C=O) groups is 1. The number of ether oxygens (including phenoxy) is 2. The summed E-state index contributed by atoms with van der Waals surface area (Å²) in [5, 5.41) is 0.723. The quantitative estimate of drug-likeness (QED) is 0.638. The van der Waals surface area contributed by atoms with E-state index in [1.54, 1.807) is 24.1 Å². The molecule has 0 aliphatic heterocycles.